The van der Waals surface area contributed by atoms with Gasteiger partial charge in [-0.05, 0) is 24.1 Å². The third-order valence-electron chi connectivity index (χ3n) is 3.69. The summed E-state index contributed by atoms with van der Waals surface area (Å²) >= 11 is 1.54. The lowest BCUT2D eigenvalue weighted by Gasteiger charge is -2.26. The van der Waals surface area contributed by atoms with Crippen LogP contribution in [0.5, 0.6) is 0 Å². The van der Waals surface area contributed by atoms with Crippen LogP contribution in [0.25, 0.3) is 10.2 Å². The lowest BCUT2D eigenvalue weighted by molar-refractivity contribution is -0.116. The molecule has 0 unspecified atom stereocenters. The smallest absolute Gasteiger partial charge is 0.226 e. The minimum absolute atomic E-state index is 0.0371. The molecule has 1 fully saturated rings. The van der Waals surface area contributed by atoms with Crippen molar-refractivity contribution in [2.75, 3.05) is 31.6 Å². The summed E-state index contributed by atoms with van der Waals surface area (Å²) in [6.45, 7) is 6.54. The van der Waals surface area contributed by atoms with E-state index in [0.29, 0.717) is 11.6 Å². The summed E-state index contributed by atoms with van der Waals surface area (Å²) < 4.78 is 6.50. The van der Waals surface area contributed by atoms with Crippen molar-refractivity contribution in [1.82, 2.24) is 9.88 Å². The Labute approximate surface area is 134 Å². The van der Waals surface area contributed by atoms with E-state index in [-0.39, 0.29) is 5.91 Å². The van der Waals surface area contributed by atoms with Crippen LogP contribution < -0.4 is 5.32 Å². The van der Waals surface area contributed by atoms with Crippen LogP contribution in [0.15, 0.2) is 18.2 Å². The van der Waals surface area contributed by atoms with Crippen LogP contribution in [-0.4, -0.2) is 42.1 Å². The maximum Gasteiger partial charge on any atom is 0.226 e. The fourth-order valence-corrected chi connectivity index (χ4v) is 3.49. The molecule has 0 atom stereocenters. The molecule has 1 aliphatic rings. The number of thiazole rings is 1. The van der Waals surface area contributed by atoms with Crippen molar-refractivity contribution >= 4 is 32.6 Å². The van der Waals surface area contributed by atoms with Gasteiger partial charge in [-0.2, -0.15) is 0 Å². The first kappa shape index (κ1) is 15.4. The zero-order chi connectivity index (χ0) is 15.4. The number of fused-ring (bicyclic) bond motifs is 1. The molecule has 2 aromatic rings. The van der Waals surface area contributed by atoms with Gasteiger partial charge in [0.15, 0.2) is 5.13 Å². The number of aromatic nitrogens is 1. The second kappa shape index (κ2) is 7.17. The number of benzene rings is 1. The summed E-state index contributed by atoms with van der Waals surface area (Å²) in [5, 5.41) is 3.57. The summed E-state index contributed by atoms with van der Waals surface area (Å²) in [6, 6.07) is 6.34. The van der Waals surface area contributed by atoms with Crippen LogP contribution in [0, 0.1) is 0 Å². The third-order valence-corrected chi connectivity index (χ3v) is 4.62. The SMILES string of the molecule is CCCC(=O)Nc1nc2ccc(CN3CCOCC3)cc2s1. The van der Waals surface area contributed by atoms with Crippen LogP contribution in [0.2, 0.25) is 0 Å². The predicted molar refractivity (Wildman–Crippen MR) is 89.3 cm³/mol. The van der Waals surface area contributed by atoms with Crippen LogP contribution in [0.1, 0.15) is 25.3 Å². The van der Waals surface area contributed by atoms with Gasteiger partial charge in [0.1, 0.15) is 0 Å². The van der Waals surface area contributed by atoms with Crippen LogP contribution >= 0.6 is 11.3 Å². The molecular formula is C16H21N3O2S. The van der Waals surface area contributed by atoms with E-state index >= 15 is 0 Å². The molecule has 118 valence electrons. The van der Waals surface area contributed by atoms with Crippen molar-refractivity contribution < 1.29 is 9.53 Å². The minimum Gasteiger partial charge on any atom is -0.379 e. The monoisotopic (exact) mass is 319 g/mol. The van der Waals surface area contributed by atoms with E-state index in [1.807, 2.05) is 13.0 Å². The number of anilines is 1. The van der Waals surface area contributed by atoms with E-state index in [9.17, 15) is 4.79 Å². The quantitative estimate of drug-likeness (QED) is 0.921. The Hall–Kier alpha value is -1.50. The first-order valence-electron chi connectivity index (χ1n) is 7.74. The maximum absolute atomic E-state index is 11.7. The molecule has 0 spiro atoms. The van der Waals surface area contributed by atoms with Gasteiger partial charge in [-0.1, -0.05) is 24.3 Å². The van der Waals surface area contributed by atoms with Crippen molar-refractivity contribution in [2.24, 2.45) is 0 Å². The number of rotatable bonds is 5. The Morgan fingerprint density at radius 3 is 3.00 bits per heavy atom. The van der Waals surface area contributed by atoms with Crippen LogP contribution in [0.3, 0.4) is 0 Å². The lowest BCUT2D eigenvalue weighted by Crippen LogP contribution is -2.35. The Balaban J connectivity index is 1.70. The topological polar surface area (TPSA) is 54.5 Å². The van der Waals surface area contributed by atoms with E-state index in [0.717, 1.165) is 49.5 Å². The molecule has 2 heterocycles. The normalized spacial score (nSPS) is 16.0. The van der Waals surface area contributed by atoms with Crippen LogP contribution in [-0.2, 0) is 16.1 Å². The molecule has 1 aromatic heterocycles. The van der Waals surface area contributed by atoms with Gasteiger partial charge in [-0.25, -0.2) is 4.98 Å². The van der Waals surface area contributed by atoms with Gasteiger partial charge in [0, 0.05) is 26.1 Å². The summed E-state index contributed by atoms with van der Waals surface area (Å²) in [5.74, 6) is 0.0371. The van der Waals surface area contributed by atoms with Gasteiger partial charge in [-0.3, -0.25) is 9.69 Å². The van der Waals surface area contributed by atoms with Crippen molar-refractivity contribution in [3.63, 3.8) is 0 Å². The van der Waals surface area contributed by atoms with Crippen molar-refractivity contribution in [3.8, 4) is 0 Å². The van der Waals surface area contributed by atoms with Gasteiger partial charge in [0.05, 0.1) is 23.4 Å². The highest BCUT2D eigenvalue weighted by Gasteiger charge is 2.12. The van der Waals surface area contributed by atoms with Gasteiger partial charge in [0.2, 0.25) is 5.91 Å². The number of morpholine rings is 1. The molecule has 1 aromatic carbocycles. The van der Waals surface area contributed by atoms with Crippen molar-refractivity contribution in [1.29, 1.82) is 0 Å². The number of hydrogen-bond donors (Lipinski definition) is 1. The number of hydrogen-bond acceptors (Lipinski definition) is 5. The molecule has 3 rings (SSSR count). The zero-order valence-electron chi connectivity index (χ0n) is 12.8. The third kappa shape index (κ3) is 3.82. The van der Waals surface area contributed by atoms with E-state index in [4.69, 9.17) is 4.74 Å². The molecule has 5 nitrogen and oxygen atoms in total. The predicted octanol–water partition coefficient (Wildman–Crippen LogP) is 2.87. The minimum atomic E-state index is 0.0371. The Kier molecular flexibility index (Phi) is 5.02. The molecule has 0 radical (unpaired) electrons. The second-order valence-corrected chi connectivity index (χ2v) is 6.54. The standard InChI is InChI=1S/C16H21N3O2S/c1-2-3-15(20)18-16-17-13-5-4-12(10-14(13)22-16)11-19-6-8-21-9-7-19/h4-5,10H,2-3,6-9,11H2,1H3,(H,17,18,20). The first-order chi connectivity index (χ1) is 10.7. The molecule has 0 saturated carbocycles. The van der Waals surface area contributed by atoms with E-state index < -0.39 is 0 Å². The van der Waals surface area contributed by atoms with E-state index in [2.05, 4.69) is 27.3 Å². The molecule has 1 aliphatic heterocycles. The van der Waals surface area contributed by atoms with E-state index in [1.54, 1.807) is 11.3 Å². The lowest BCUT2D eigenvalue weighted by atomic mass is 10.2. The highest BCUT2D eigenvalue weighted by Crippen LogP contribution is 2.27. The van der Waals surface area contributed by atoms with E-state index in [1.165, 1.54) is 5.56 Å². The number of nitrogens with one attached hydrogen (secondary N) is 1. The Morgan fingerprint density at radius 2 is 2.23 bits per heavy atom. The molecule has 22 heavy (non-hydrogen) atoms. The number of amides is 1. The summed E-state index contributed by atoms with van der Waals surface area (Å²) in [6.07, 6.45) is 1.39. The van der Waals surface area contributed by atoms with Gasteiger partial charge >= 0.3 is 0 Å². The van der Waals surface area contributed by atoms with Crippen molar-refractivity contribution in [3.05, 3.63) is 23.8 Å². The average Bonchev–Trinajstić information content (AvgIpc) is 2.90. The molecular weight excluding hydrogens is 298 g/mol. The van der Waals surface area contributed by atoms with Gasteiger partial charge in [-0.15, -0.1) is 0 Å². The molecule has 0 aliphatic carbocycles. The molecule has 6 heteroatoms. The van der Waals surface area contributed by atoms with Crippen LogP contribution in [0.4, 0.5) is 5.13 Å². The largest absolute Gasteiger partial charge is 0.379 e. The number of carbonyl (C=O) groups is 1. The molecule has 0 bridgehead atoms. The Bertz CT molecular complexity index is 650. The second-order valence-electron chi connectivity index (χ2n) is 5.51. The fourth-order valence-electron chi connectivity index (χ4n) is 2.55. The number of nitrogens with zero attached hydrogens (tertiary/aromatic N) is 2. The summed E-state index contributed by atoms with van der Waals surface area (Å²) in [7, 11) is 0. The maximum atomic E-state index is 11.7. The van der Waals surface area contributed by atoms with Gasteiger partial charge < -0.3 is 10.1 Å². The van der Waals surface area contributed by atoms with Gasteiger partial charge in [0.25, 0.3) is 0 Å². The average molecular weight is 319 g/mol. The fraction of sp³-hybridized carbons (Fsp3) is 0.500. The first-order valence-corrected chi connectivity index (χ1v) is 8.55. The summed E-state index contributed by atoms with van der Waals surface area (Å²) in [5.41, 5.74) is 2.23. The molecule has 1 saturated heterocycles. The Morgan fingerprint density at radius 1 is 1.41 bits per heavy atom. The van der Waals surface area contributed by atoms with Crippen molar-refractivity contribution in [2.45, 2.75) is 26.3 Å². The number of carbonyl (C=O) groups excluding carboxylic acids is 1. The highest BCUT2D eigenvalue weighted by atomic mass is 32.1. The molecule has 1 N–H and O–H groups in total. The molecule has 1 amide bonds. The highest BCUT2D eigenvalue weighted by molar-refractivity contribution is 7.22. The number of ether oxygens (including phenoxy) is 1. The summed E-state index contributed by atoms with van der Waals surface area (Å²) in [4.78, 5) is 18.5. The zero-order valence-corrected chi connectivity index (χ0v) is 13.6.